The van der Waals surface area contributed by atoms with Crippen LogP contribution in [-0.2, 0) is 0 Å². The normalized spacial score (nSPS) is 15.9. The third-order valence-electron chi connectivity index (χ3n) is 2.24. The van der Waals surface area contributed by atoms with Crippen molar-refractivity contribution in [3.8, 4) is 0 Å². The van der Waals surface area contributed by atoms with Crippen molar-refractivity contribution in [2.75, 3.05) is 28.2 Å². The van der Waals surface area contributed by atoms with Crippen LogP contribution in [0.2, 0.25) is 0 Å². The second-order valence-electron chi connectivity index (χ2n) is 3.14. The van der Waals surface area contributed by atoms with Gasteiger partial charge in [0.1, 0.15) is 5.82 Å². The summed E-state index contributed by atoms with van der Waals surface area (Å²) in [7, 11) is 1.99. The number of nitrogens with zero attached hydrogens (tertiary/aromatic N) is 2. The van der Waals surface area contributed by atoms with Gasteiger partial charge in [0.05, 0.1) is 34.2 Å². The summed E-state index contributed by atoms with van der Waals surface area (Å²) in [5.41, 5.74) is 2.07. The zero-order valence-electron chi connectivity index (χ0n) is 7.30. The lowest BCUT2D eigenvalue weighted by Crippen LogP contribution is -2.33. The Kier molecular flexibility index (Phi) is 2.31. The van der Waals surface area contributed by atoms with Crippen LogP contribution in [0, 0.1) is 5.82 Å². The first-order valence-corrected chi connectivity index (χ1v) is 5.09. The molecule has 0 N–H and O–H groups in total. The molecule has 1 aliphatic rings. The highest BCUT2D eigenvalue weighted by molar-refractivity contribution is 14.1. The fourth-order valence-electron chi connectivity index (χ4n) is 1.49. The smallest absolute Gasteiger partial charge is 0.125 e. The first-order valence-electron chi connectivity index (χ1n) is 4.12. The third-order valence-corrected chi connectivity index (χ3v) is 3.24. The van der Waals surface area contributed by atoms with Crippen LogP contribution in [0.25, 0.3) is 0 Å². The van der Waals surface area contributed by atoms with Crippen molar-refractivity contribution < 1.29 is 4.39 Å². The van der Waals surface area contributed by atoms with Crippen molar-refractivity contribution >= 4 is 34.2 Å². The number of fused-ring (bicyclic) bond motifs is 1. The number of hydrogen-bond donors (Lipinski definition) is 0. The van der Waals surface area contributed by atoms with Crippen molar-refractivity contribution in [1.29, 1.82) is 0 Å². The van der Waals surface area contributed by atoms with Crippen molar-refractivity contribution in [2.24, 2.45) is 0 Å². The first-order chi connectivity index (χ1) is 6.18. The zero-order valence-corrected chi connectivity index (χ0v) is 9.45. The SMILES string of the molecule is CN1CCN(I)c2ccc(F)cc21. The van der Waals surface area contributed by atoms with Gasteiger partial charge in [0.2, 0.25) is 0 Å². The lowest BCUT2D eigenvalue weighted by Gasteiger charge is -2.33. The van der Waals surface area contributed by atoms with E-state index in [4.69, 9.17) is 0 Å². The second-order valence-corrected chi connectivity index (χ2v) is 4.31. The lowest BCUT2D eigenvalue weighted by molar-refractivity contribution is 0.626. The summed E-state index contributed by atoms with van der Waals surface area (Å²) in [5.74, 6) is -0.169. The predicted molar refractivity (Wildman–Crippen MR) is 61.0 cm³/mol. The maximum atomic E-state index is 12.9. The summed E-state index contributed by atoms with van der Waals surface area (Å²) >= 11 is 2.25. The number of halogens is 2. The molecule has 0 saturated heterocycles. The molecule has 1 aromatic rings. The van der Waals surface area contributed by atoms with Crippen LogP contribution in [0.1, 0.15) is 0 Å². The molecule has 2 nitrogen and oxygen atoms in total. The Balaban J connectivity index is 2.50. The van der Waals surface area contributed by atoms with E-state index in [9.17, 15) is 4.39 Å². The molecule has 2 rings (SSSR count). The Hall–Kier alpha value is -0.520. The Labute approximate surface area is 90.8 Å². The maximum absolute atomic E-state index is 12.9. The Morgan fingerprint density at radius 2 is 2.08 bits per heavy atom. The Bertz CT molecular complexity index is 329. The molecule has 0 amide bonds. The van der Waals surface area contributed by atoms with Crippen LogP contribution in [0.5, 0.6) is 0 Å². The Morgan fingerprint density at radius 1 is 1.31 bits per heavy atom. The van der Waals surface area contributed by atoms with E-state index in [0.717, 1.165) is 24.5 Å². The Morgan fingerprint density at radius 3 is 2.85 bits per heavy atom. The maximum Gasteiger partial charge on any atom is 0.125 e. The second kappa shape index (κ2) is 3.32. The quantitative estimate of drug-likeness (QED) is 0.535. The van der Waals surface area contributed by atoms with Gasteiger partial charge in [-0.3, -0.25) is 0 Å². The van der Waals surface area contributed by atoms with E-state index >= 15 is 0 Å². The van der Waals surface area contributed by atoms with Gasteiger partial charge in [0, 0.05) is 20.1 Å². The van der Waals surface area contributed by atoms with Gasteiger partial charge in [-0.1, -0.05) is 0 Å². The van der Waals surface area contributed by atoms with Gasteiger partial charge in [-0.25, -0.2) is 4.39 Å². The molecule has 0 atom stereocenters. The molecule has 1 heterocycles. The average molecular weight is 292 g/mol. The van der Waals surface area contributed by atoms with Crippen molar-refractivity contribution in [3.63, 3.8) is 0 Å². The lowest BCUT2D eigenvalue weighted by atomic mass is 10.2. The van der Waals surface area contributed by atoms with Gasteiger partial charge in [-0.05, 0) is 18.2 Å². The van der Waals surface area contributed by atoms with Gasteiger partial charge >= 0.3 is 0 Å². The molecule has 0 saturated carbocycles. The number of likely N-dealkylation sites (N-methyl/N-ethyl adjacent to an activating group) is 1. The van der Waals surface area contributed by atoms with E-state index in [-0.39, 0.29) is 5.82 Å². The highest BCUT2D eigenvalue weighted by Gasteiger charge is 2.18. The van der Waals surface area contributed by atoms with Crippen LogP contribution in [0.4, 0.5) is 15.8 Å². The number of anilines is 2. The molecule has 0 fully saturated rings. The zero-order chi connectivity index (χ0) is 9.42. The van der Waals surface area contributed by atoms with E-state index in [1.165, 1.54) is 6.07 Å². The summed E-state index contributed by atoms with van der Waals surface area (Å²) in [6.07, 6.45) is 0. The molecule has 1 aromatic carbocycles. The molecular weight excluding hydrogens is 282 g/mol. The van der Waals surface area contributed by atoms with Gasteiger partial charge in [-0.15, -0.1) is 0 Å². The summed E-state index contributed by atoms with van der Waals surface area (Å²) in [6.45, 7) is 1.93. The van der Waals surface area contributed by atoms with Crippen LogP contribution in [0.3, 0.4) is 0 Å². The summed E-state index contributed by atoms with van der Waals surface area (Å²) in [6, 6.07) is 4.91. The summed E-state index contributed by atoms with van der Waals surface area (Å²) in [5, 5.41) is 0. The molecule has 13 heavy (non-hydrogen) atoms. The minimum Gasteiger partial charge on any atom is -0.371 e. The highest BCUT2D eigenvalue weighted by Crippen LogP contribution is 2.34. The predicted octanol–water partition coefficient (Wildman–Crippen LogP) is 2.43. The molecule has 0 aromatic heterocycles. The monoisotopic (exact) mass is 292 g/mol. The molecule has 0 radical (unpaired) electrons. The standard InChI is InChI=1S/C9H10FIN2/c1-12-4-5-13(11)8-3-2-7(10)6-9(8)12/h2-3,6H,4-5H2,1H3. The van der Waals surface area contributed by atoms with E-state index in [2.05, 4.69) is 30.9 Å². The summed E-state index contributed by atoms with van der Waals surface area (Å²) < 4.78 is 15.1. The van der Waals surface area contributed by atoms with Crippen LogP contribution >= 0.6 is 22.9 Å². The average Bonchev–Trinajstić information content (AvgIpc) is 2.12. The topological polar surface area (TPSA) is 6.48 Å². The molecule has 0 bridgehead atoms. The van der Waals surface area contributed by atoms with Gasteiger partial charge in [-0.2, -0.15) is 0 Å². The van der Waals surface area contributed by atoms with E-state index in [0.29, 0.717) is 0 Å². The van der Waals surface area contributed by atoms with E-state index < -0.39 is 0 Å². The first kappa shape index (κ1) is 9.05. The summed E-state index contributed by atoms with van der Waals surface area (Å²) in [4.78, 5) is 2.08. The molecule has 0 unspecified atom stereocenters. The van der Waals surface area contributed by atoms with Crippen molar-refractivity contribution in [2.45, 2.75) is 0 Å². The third kappa shape index (κ3) is 1.59. The highest BCUT2D eigenvalue weighted by atomic mass is 127. The molecule has 0 aliphatic carbocycles. The van der Waals surface area contributed by atoms with Gasteiger partial charge in [0.15, 0.2) is 0 Å². The molecule has 1 aliphatic heterocycles. The van der Waals surface area contributed by atoms with Crippen LogP contribution in [-0.4, -0.2) is 20.1 Å². The minimum absolute atomic E-state index is 0.169. The van der Waals surface area contributed by atoms with Crippen LogP contribution < -0.4 is 8.01 Å². The molecular formula is C9H10FIN2. The molecule has 4 heteroatoms. The molecule has 0 spiro atoms. The van der Waals surface area contributed by atoms with Crippen LogP contribution in [0.15, 0.2) is 18.2 Å². The van der Waals surface area contributed by atoms with E-state index in [1.807, 2.05) is 13.1 Å². The fourth-order valence-corrected chi connectivity index (χ4v) is 2.11. The fraction of sp³-hybridized carbons (Fsp3) is 0.333. The molecule has 70 valence electrons. The minimum atomic E-state index is -0.169. The van der Waals surface area contributed by atoms with Gasteiger partial charge < -0.3 is 8.01 Å². The largest absolute Gasteiger partial charge is 0.371 e. The van der Waals surface area contributed by atoms with Crippen molar-refractivity contribution in [3.05, 3.63) is 24.0 Å². The van der Waals surface area contributed by atoms with E-state index in [1.54, 1.807) is 6.07 Å². The number of benzene rings is 1. The van der Waals surface area contributed by atoms with Gasteiger partial charge in [0.25, 0.3) is 0 Å². The number of rotatable bonds is 0. The number of hydrogen-bond acceptors (Lipinski definition) is 2. The van der Waals surface area contributed by atoms with Crippen molar-refractivity contribution in [1.82, 2.24) is 0 Å².